The minimum Gasteiger partial charge on any atom is -0.507 e. The second kappa shape index (κ2) is 9.06. The molecule has 1 aliphatic heterocycles. The number of amides is 1. The summed E-state index contributed by atoms with van der Waals surface area (Å²) in [4.78, 5) is 12.5. The van der Waals surface area contributed by atoms with Crippen molar-refractivity contribution in [1.29, 1.82) is 0 Å². The number of sulfonamides is 1. The quantitative estimate of drug-likeness (QED) is 0.554. The van der Waals surface area contributed by atoms with Gasteiger partial charge in [0.15, 0.2) is 0 Å². The average molecular weight is 417 g/mol. The Balaban J connectivity index is 1.73. The molecule has 3 rings (SSSR count). The zero-order valence-corrected chi connectivity index (χ0v) is 16.9. The van der Waals surface area contributed by atoms with Crippen LogP contribution in [-0.4, -0.2) is 50.2 Å². The third kappa shape index (κ3) is 4.93. The molecule has 0 bridgehead atoms. The van der Waals surface area contributed by atoms with Crippen molar-refractivity contribution >= 4 is 22.1 Å². The van der Waals surface area contributed by atoms with E-state index in [9.17, 15) is 18.3 Å². The number of phenolic OH excluding ortho intramolecular Hbond substituents is 1. The van der Waals surface area contributed by atoms with E-state index in [1.165, 1.54) is 48.0 Å². The van der Waals surface area contributed by atoms with Crippen molar-refractivity contribution in [3.63, 3.8) is 0 Å². The van der Waals surface area contributed by atoms with Gasteiger partial charge in [0.05, 0.1) is 18.2 Å². The Hall–Kier alpha value is -2.91. The number of carbonyl (C=O) groups is 1. The van der Waals surface area contributed by atoms with Crippen molar-refractivity contribution in [2.45, 2.75) is 24.2 Å². The van der Waals surface area contributed by atoms with E-state index < -0.39 is 15.9 Å². The maximum absolute atomic E-state index is 12.8. The van der Waals surface area contributed by atoms with Crippen molar-refractivity contribution in [2.24, 2.45) is 5.10 Å². The van der Waals surface area contributed by atoms with E-state index in [0.717, 1.165) is 19.3 Å². The van der Waals surface area contributed by atoms with Gasteiger partial charge in [-0.05, 0) is 49.2 Å². The number of rotatable bonds is 6. The van der Waals surface area contributed by atoms with Gasteiger partial charge in [-0.15, -0.1) is 0 Å². The zero-order chi connectivity index (χ0) is 20.9. The Kier molecular flexibility index (Phi) is 6.50. The van der Waals surface area contributed by atoms with Crippen LogP contribution < -0.4 is 10.2 Å². The van der Waals surface area contributed by atoms with Crippen LogP contribution in [0.1, 0.15) is 35.2 Å². The van der Waals surface area contributed by atoms with Crippen LogP contribution >= 0.6 is 0 Å². The number of benzene rings is 2. The lowest BCUT2D eigenvalue weighted by Gasteiger charge is -2.25. The van der Waals surface area contributed by atoms with Gasteiger partial charge in [0.2, 0.25) is 10.0 Å². The topological polar surface area (TPSA) is 108 Å². The van der Waals surface area contributed by atoms with Crippen molar-refractivity contribution in [2.75, 3.05) is 20.2 Å². The molecule has 0 aliphatic carbocycles. The number of hydrogen-bond donors (Lipinski definition) is 2. The number of piperidine rings is 1. The number of hydrogen-bond acceptors (Lipinski definition) is 6. The standard InChI is InChI=1S/C20H23N3O5S/c1-28-17-8-9-19(24)16(12-17)14-21-22-20(25)15-6-5-7-18(13-15)29(26,27)23-10-3-2-4-11-23/h5-9,12-14,24H,2-4,10-11H2,1H3,(H,22,25)/b21-14+. The first kappa shape index (κ1) is 20.8. The molecule has 2 aromatic rings. The van der Waals surface area contributed by atoms with E-state index in [0.29, 0.717) is 24.4 Å². The lowest BCUT2D eigenvalue weighted by molar-refractivity contribution is 0.0955. The van der Waals surface area contributed by atoms with Gasteiger partial charge in [0.25, 0.3) is 5.91 Å². The Bertz CT molecular complexity index is 1010. The van der Waals surface area contributed by atoms with Crippen LogP contribution in [0.2, 0.25) is 0 Å². The number of phenols is 1. The summed E-state index contributed by atoms with van der Waals surface area (Å²) in [5, 5.41) is 13.7. The fourth-order valence-electron chi connectivity index (χ4n) is 3.04. The number of methoxy groups -OCH3 is 1. The van der Waals surface area contributed by atoms with Gasteiger partial charge in [0.1, 0.15) is 11.5 Å². The van der Waals surface area contributed by atoms with Crippen molar-refractivity contribution in [3.8, 4) is 11.5 Å². The first-order valence-electron chi connectivity index (χ1n) is 9.22. The minimum absolute atomic E-state index is 0.0154. The van der Waals surface area contributed by atoms with Crippen LogP contribution in [-0.2, 0) is 10.0 Å². The maximum Gasteiger partial charge on any atom is 0.271 e. The molecule has 0 spiro atoms. The highest BCUT2D eigenvalue weighted by Gasteiger charge is 2.26. The third-order valence-electron chi connectivity index (χ3n) is 4.65. The summed E-state index contributed by atoms with van der Waals surface area (Å²) in [7, 11) is -2.13. The van der Waals surface area contributed by atoms with Crippen LogP contribution in [0.4, 0.5) is 0 Å². The molecule has 0 atom stereocenters. The number of carbonyl (C=O) groups excluding carboxylic acids is 1. The van der Waals surface area contributed by atoms with E-state index in [1.807, 2.05) is 0 Å². The summed E-state index contributed by atoms with van der Waals surface area (Å²) in [5.74, 6) is -0.0380. The molecule has 1 saturated heterocycles. The van der Waals surface area contributed by atoms with Crippen molar-refractivity contribution in [3.05, 3.63) is 53.6 Å². The molecule has 29 heavy (non-hydrogen) atoms. The van der Waals surface area contributed by atoms with Crippen LogP contribution in [0, 0.1) is 0 Å². The van der Waals surface area contributed by atoms with E-state index in [-0.39, 0.29) is 16.2 Å². The van der Waals surface area contributed by atoms with E-state index in [2.05, 4.69) is 10.5 Å². The monoisotopic (exact) mass is 417 g/mol. The molecule has 1 heterocycles. The van der Waals surface area contributed by atoms with Gasteiger partial charge < -0.3 is 9.84 Å². The Morgan fingerprint density at radius 3 is 2.66 bits per heavy atom. The lowest BCUT2D eigenvalue weighted by atomic mass is 10.2. The van der Waals surface area contributed by atoms with Gasteiger partial charge in [-0.2, -0.15) is 9.41 Å². The molecule has 0 aromatic heterocycles. The number of nitrogens with zero attached hydrogens (tertiary/aromatic N) is 2. The number of ether oxygens (including phenoxy) is 1. The van der Waals surface area contributed by atoms with Gasteiger partial charge in [0, 0.05) is 24.2 Å². The summed E-state index contributed by atoms with van der Waals surface area (Å²) < 4.78 is 32.1. The van der Waals surface area contributed by atoms with Crippen LogP contribution in [0.3, 0.4) is 0 Å². The van der Waals surface area contributed by atoms with E-state index in [1.54, 1.807) is 12.1 Å². The van der Waals surface area contributed by atoms with E-state index in [4.69, 9.17) is 4.74 Å². The molecule has 9 heteroatoms. The number of aromatic hydroxyl groups is 1. The normalized spacial score (nSPS) is 15.3. The number of nitrogens with one attached hydrogen (secondary N) is 1. The molecule has 2 N–H and O–H groups in total. The first-order valence-corrected chi connectivity index (χ1v) is 10.7. The zero-order valence-electron chi connectivity index (χ0n) is 16.0. The van der Waals surface area contributed by atoms with E-state index >= 15 is 0 Å². The van der Waals surface area contributed by atoms with Crippen molar-refractivity contribution < 1.29 is 23.1 Å². The Labute approximate surface area is 169 Å². The summed E-state index contributed by atoms with van der Waals surface area (Å²) in [6.07, 6.45) is 3.98. The van der Waals surface area contributed by atoms with Gasteiger partial charge >= 0.3 is 0 Å². The largest absolute Gasteiger partial charge is 0.507 e. The average Bonchev–Trinajstić information content (AvgIpc) is 2.75. The molecule has 1 amide bonds. The molecular formula is C20H23N3O5S. The fraction of sp³-hybridized carbons (Fsp3) is 0.300. The number of hydrazone groups is 1. The maximum atomic E-state index is 12.8. The molecule has 0 unspecified atom stereocenters. The summed E-state index contributed by atoms with van der Waals surface area (Å²) in [6, 6.07) is 10.5. The summed E-state index contributed by atoms with van der Waals surface area (Å²) in [6.45, 7) is 0.986. The highest BCUT2D eigenvalue weighted by Crippen LogP contribution is 2.22. The third-order valence-corrected chi connectivity index (χ3v) is 6.55. The SMILES string of the molecule is COc1ccc(O)c(/C=N/NC(=O)c2cccc(S(=O)(=O)N3CCCCC3)c2)c1. The molecule has 8 nitrogen and oxygen atoms in total. The Morgan fingerprint density at radius 1 is 1.17 bits per heavy atom. The highest BCUT2D eigenvalue weighted by molar-refractivity contribution is 7.89. The van der Waals surface area contributed by atoms with Gasteiger partial charge in [-0.25, -0.2) is 13.8 Å². The molecular weight excluding hydrogens is 394 g/mol. The lowest BCUT2D eigenvalue weighted by Crippen LogP contribution is -2.35. The molecule has 1 aliphatic rings. The predicted octanol–water partition coefficient (Wildman–Crippen LogP) is 2.34. The first-order chi connectivity index (χ1) is 13.9. The van der Waals surface area contributed by atoms with Crippen molar-refractivity contribution in [1.82, 2.24) is 9.73 Å². The second-order valence-electron chi connectivity index (χ2n) is 6.62. The molecule has 154 valence electrons. The minimum atomic E-state index is -3.63. The van der Waals surface area contributed by atoms with Crippen LogP contribution in [0.15, 0.2) is 52.5 Å². The predicted molar refractivity (Wildman–Crippen MR) is 109 cm³/mol. The summed E-state index contributed by atoms with van der Waals surface area (Å²) in [5.41, 5.74) is 2.88. The Morgan fingerprint density at radius 2 is 1.93 bits per heavy atom. The molecule has 0 radical (unpaired) electrons. The van der Waals surface area contributed by atoms with Gasteiger partial charge in [-0.1, -0.05) is 12.5 Å². The fourth-order valence-corrected chi connectivity index (χ4v) is 4.60. The van der Waals surface area contributed by atoms with Crippen LogP contribution in [0.5, 0.6) is 11.5 Å². The molecule has 2 aromatic carbocycles. The molecule has 0 saturated carbocycles. The summed E-state index contributed by atoms with van der Waals surface area (Å²) >= 11 is 0. The van der Waals surface area contributed by atoms with Gasteiger partial charge in [-0.3, -0.25) is 4.79 Å². The highest BCUT2D eigenvalue weighted by atomic mass is 32.2. The molecule has 1 fully saturated rings. The van der Waals surface area contributed by atoms with Crippen LogP contribution in [0.25, 0.3) is 0 Å². The second-order valence-corrected chi connectivity index (χ2v) is 8.55. The smallest absolute Gasteiger partial charge is 0.271 e.